The van der Waals surface area contributed by atoms with Crippen molar-refractivity contribution in [1.82, 2.24) is 10.6 Å². The molecule has 0 radical (unpaired) electrons. The van der Waals surface area contributed by atoms with Crippen molar-refractivity contribution in [2.75, 3.05) is 26.8 Å². The molecule has 2 N–H and O–H groups in total. The van der Waals surface area contributed by atoms with Crippen LogP contribution in [-0.2, 0) is 11.3 Å². The molecule has 0 aliphatic rings. The zero-order chi connectivity index (χ0) is 14.1. The maximum absolute atomic E-state index is 6.15. The number of guanidine groups is 1. The van der Waals surface area contributed by atoms with Gasteiger partial charge in [-0.05, 0) is 24.6 Å². The lowest BCUT2D eigenvalue weighted by Gasteiger charge is -2.12. The van der Waals surface area contributed by atoms with E-state index < -0.39 is 0 Å². The highest BCUT2D eigenvalue weighted by Gasteiger charge is 2.02. The van der Waals surface area contributed by atoms with Gasteiger partial charge in [0.15, 0.2) is 5.96 Å². The Hall–Kier alpha value is -0.780. The quantitative estimate of drug-likeness (QED) is 0.472. The molecule has 0 aliphatic heterocycles. The van der Waals surface area contributed by atoms with Gasteiger partial charge in [0.1, 0.15) is 0 Å². The van der Waals surface area contributed by atoms with Crippen LogP contribution in [0.15, 0.2) is 27.7 Å². The molecule has 0 fully saturated rings. The Morgan fingerprint density at radius 2 is 2.21 bits per heavy atom. The van der Waals surface area contributed by atoms with Crippen molar-refractivity contribution in [2.45, 2.75) is 13.5 Å². The van der Waals surface area contributed by atoms with Gasteiger partial charge >= 0.3 is 0 Å². The fourth-order valence-electron chi connectivity index (χ4n) is 1.45. The monoisotopic (exact) mass is 347 g/mol. The summed E-state index contributed by atoms with van der Waals surface area (Å²) in [7, 11) is 1.74. The van der Waals surface area contributed by atoms with Crippen LogP contribution in [0.5, 0.6) is 0 Å². The van der Waals surface area contributed by atoms with Gasteiger partial charge in [-0.1, -0.05) is 33.6 Å². The molecule has 0 bridgehead atoms. The molecule has 0 heterocycles. The first kappa shape index (κ1) is 16.3. The average molecular weight is 349 g/mol. The van der Waals surface area contributed by atoms with Crippen LogP contribution in [0.4, 0.5) is 0 Å². The number of nitrogens with zero attached hydrogens (tertiary/aromatic N) is 1. The number of nitrogens with one attached hydrogen (secondary N) is 2. The number of hydrogen-bond acceptors (Lipinski definition) is 2. The molecule has 0 unspecified atom stereocenters. The first-order valence-electron chi connectivity index (χ1n) is 6.13. The fraction of sp³-hybridized carbons (Fsp3) is 0.462. The maximum atomic E-state index is 6.15. The SMILES string of the molecule is CCOCCNC(=NC)NCc1ccc(Br)cc1Cl. The molecule has 0 saturated heterocycles. The highest BCUT2D eigenvalue weighted by atomic mass is 79.9. The molecule has 0 aromatic heterocycles. The molecule has 0 atom stereocenters. The third-order valence-corrected chi connectivity index (χ3v) is 3.27. The molecule has 4 nitrogen and oxygen atoms in total. The Morgan fingerprint density at radius 3 is 2.84 bits per heavy atom. The van der Waals surface area contributed by atoms with Crippen molar-refractivity contribution in [3.05, 3.63) is 33.3 Å². The molecule has 0 saturated carbocycles. The molecule has 1 aromatic rings. The van der Waals surface area contributed by atoms with Crippen LogP contribution in [0, 0.1) is 0 Å². The second kappa shape index (κ2) is 9.18. The van der Waals surface area contributed by atoms with Crippen LogP contribution >= 0.6 is 27.5 Å². The first-order valence-corrected chi connectivity index (χ1v) is 7.30. The second-order valence-corrected chi connectivity index (χ2v) is 5.11. The van der Waals surface area contributed by atoms with Crippen LogP contribution in [0.25, 0.3) is 0 Å². The summed E-state index contributed by atoms with van der Waals surface area (Å²) in [6.07, 6.45) is 0. The molecule has 106 valence electrons. The van der Waals surface area contributed by atoms with E-state index in [1.807, 2.05) is 25.1 Å². The molecular formula is C13H19BrClN3O. The Bertz CT molecular complexity index is 426. The van der Waals surface area contributed by atoms with E-state index >= 15 is 0 Å². The summed E-state index contributed by atoms with van der Waals surface area (Å²) >= 11 is 9.54. The molecule has 0 spiro atoms. The molecule has 1 rings (SSSR count). The maximum Gasteiger partial charge on any atom is 0.191 e. The third kappa shape index (κ3) is 6.27. The van der Waals surface area contributed by atoms with Gasteiger partial charge in [0.25, 0.3) is 0 Å². The van der Waals surface area contributed by atoms with E-state index in [0.29, 0.717) is 13.2 Å². The van der Waals surface area contributed by atoms with Crippen LogP contribution in [-0.4, -0.2) is 32.8 Å². The van der Waals surface area contributed by atoms with Crippen LogP contribution < -0.4 is 10.6 Å². The van der Waals surface area contributed by atoms with E-state index in [1.165, 1.54) is 0 Å². The van der Waals surface area contributed by atoms with Gasteiger partial charge in [0, 0.05) is 36.2 Å². The number of aliphatic imine (C=N–C) groups is 1. The molecule has 6 heteroatoms. The van der Waals surface area contributed by atoms with E-state index in [4.69, 9.17) is 16.3 Å². The topological polar surface area (TPSA) is 45.6 Å². The fourth-order valence-corrected chi connectivity index (χ4v) is 2.19. The van der Waals surface area contributed by atoms with Gasteiger partial charge in [-0.25, -0.2) is 0 Å². The predicted molar refractivity (Wildman–Crippen MR) is 83.8 cm³/mol. The standard InChI is InChI=1S/C13H19BrClN3O/c1-3-19-7-6-17-13(16-2)18-9-10-4-5-11(14)8-12(10)15/h4-5,8H,3,6-7,9H2,1-2H3,(H2,16,17,18). The lowest BCUT2D eigenvalue weighted by atomic mass is 10.2. The van der Waals surface area contributed by atoms with Gasteiger partial charge in [-0.3, -0.25) is 4.99 Å². The van der Waals surface area contributed by atoms with Crippen molar-refractivity contribution in [3.8, 4) is 0 Å². The van der Waals surface area contributed by atoms with Crippen molar-refractivity contribution in [2.24, 2.45) is 4.99 Å². The number of hydrogen-bond donors (Lipinski definition) is 2. The molecule has 19 heavy (non-hydrogen) atoms. The Kier molecular flexibility index (Phi) is 7.86. The predicted octanol–water partition coefficient (Wildman–Crippen LogP) is 2.80. The normalized spacial score (nSPS) is 11.5. The largest absolute Gasteiger partial charge is 0.380 e. The summed E-state index contributed by atoms with van der Waals surface area (Å²) in [5.74, 6) is 0.735. The first-order chi connectivity index (χ1) is 9.17. The average Bonchev–Trinajstić information content (AvgIpc) is 2.40. The van der Waals surface area contributed by atoms with Gasteiger partial charge in [-0.2, -0.15) is 0 Å². The zero-order valence-corrected chi connectivity index (χ0v) is 13.5. The smallest absolute Gasteiger partial charge is 0.191 e. The van der Waals surface area contributed by atoms with E-state index in [9.17, 15) is 0 Å². The van der Waals surface area contributed by atoms with E-state index in [-0.39, 0.29) is 0 Å². The Labute approximate surface area is 127 Å². The number of halogens is 2. The Balaban J connectivity index is 2.40. The molecule has 1 aromatic carbocycles. The number of benzene rings is 1. The van der Waals surface area contributed by atoms with Crippen LogP contribution in [0.1, 0.15) is 12.5 Å². The minimum Gasteiger partial charge on any atom is -0.380 e. The number of rotatable bonds is 6. The van der Waals surface area contributed by atoms with Gasteiger partial charge in [-0.15, -0.1) is 0 Å². The summed E-state index contributed by atoms with van der Waals surface area (Å²) in [5, 5.41) is 7.10. The summed E-state index contributed by atoms with van der Waals surface area (Å²) in [5.41, 5.74) is 1.03. The lowest BCUT2D eigenvalue weighted by Crippen LogP contribution is -2.38. The molecular weight excluding hydrogens is 330 g/mol. The van der Waals surface area contributed by atoms with Gasteiger partial charge < -0.3 is 15.4 Å². The zero-order valence-electron chi connectivity index (χ0n) is 11.2. The summed E-state index contributed by atoms with van der Waals surface area (Å²) in [4.78, 5) is 4.13. The minimum atomic E-state index is 0.625. The highest BCUT2D eigenvalue weighted by Crippen LogP contribution is 2.20. The van der Waals surface area contributed by atoms with Gasteiger partial charge in [0.05, 0.1) is 6.61 Å². The van der Waals surface area contributed by atoms with E-state index in [0.717, 1.165) is 34.2 Å². The lowest BCUT2D eigenvalue weighted by molar-refractivity contribution is 0.152. The summed E-state index contributed by atoms with van der Waals surface area (Å²) in [6, 6.07) is 5.82. The third-order valence-electron chi connectivity index (χ3n) is 2.43. The minimum absolute atomic E-state index is 0.625. The van der Waals surface area contributed by atoms with Crippen molar-refractivity contribution >= 4 is 33.5 Å². The van der Waals surface area contributed by atoms with Crippen molar-refractivity contribution in [1.29, 1.82) is 0 Å². The molecule has 0 amide bonds. The van der Waals surface area contributed by atoms with Crippen molar-refractivity contribution in [3.63, 3.8) is 0 Å². The second-order valence-electron chi connectivity index (χ2n) is 3.79. The van der Waals surface area contributed by atoms with E-state index in [2.05, 4.69) is 31.6 Å². The van der Waals surface area contributed by atoms with Crippen LogP contribution in [0.3, 0.4) is 0 Å². The summed E-state index contributed by atoms with van der Waals surface area (Å²) in [6.45, 7) is 4.71. The highest BCUT2D eigenvalue weighted by molar-refractivity contribution is 9.10. The van der Waals surface area contributed by atoms with Crippen molar-refractivity contribution < 1.29 is 4.74 Å². The Morgan fingerprint density at radius 1 is 1.42 bits per heavy atom. The van der Waals surface area contributed by atoms with Crippen LogP contribution in [0.2, 0.25) is 5.02 Å². The number of ether oxygens (including phenoxy) is 1. The van der Waals surface area contributed by atoms with E-state index in [1.54, 1.807) is 7.05 Å². The summed E-state index contributed by atoms with van der Waals surface area (Å²) < 4.78 is 6.22. The van der Waals surface area contributed by atoms with Gasteiger partial charge in [0.2, 0.25) is 0 Å². The molecule has 0 aliphatic carbocycles.